The lowest BCUT2D eigenvalue weighted by atomic mass is 9.89. The normalized spacial score (nSPS) is 19.1. The van der Waals surface area contributed by atoms with Gasteiger partial charge in [0.15, 0.2) is 5.12 Å². The Kier molecular flexibility index (Phi) is 4.36. The Labute approximate surface area is 152 Å². The largest absolute Gasteiger partial charge is 0.341 e. The summed E-state index contributed by atoms with van der Waals surface area (Å²) in [5, 5.41) is 1.46. The first-order chi connectivity index (χ1) is 12.1. The van der Waals surface area contributed by atoms with Gasteiger partial charge >= 0.3 is 0 Å². The third-order valence-electron chi connectivity index (χ3n) is 5.47. The highest BCUT2D eigenvalue weighted by Crippen LogP contribution is 2.42. The maximum Gasteiger partial charge on any atom is 0.224 e. The van der Waals surface area contributed by atoms with Gasteiger partial charge in [-0.15, -0.1) is 0 Å². The molecule has 132 valence electrons. The lowest BCUT2D eigenvalue weighted by Crippen LogP contribution is -2.43. The first kappa shape index (κ1) is 16.7. The Bertz CT molecular complexity index is 855. The van der Waals surface area contributed by atoms with E-state index < -0.39 is 0 Å². The van der Waals surface area contributed by atoms with Gasteiger partial charge in [-0.25, -0.2) is 0 Å². The van der Waals surface area contributed by atoms with Gasteiger partial charge in [0.2, 0.25) is 5.91 Å². The molecule has 2 aliphatic rings. The molecule has 1 atom stereocenters. The molecule has 0 saturated carbocycles. The second-order valence-electron chi connectivity index (χ2n) is 7.12. The molecule has 0 N–H and O–H groups in total. The molecule has 0 radical (unpaired) electrons. The zero-order valence-electron chi connectivity index (χ0n) is 14.9. The van der Waals surface area contributed by atoms with Crippen LogP contribution >= 0.6 is 11.8 Å². The molecule has 5 heteroatoms. The number of nitrogens with zero attached hydrogens (tertiary/aromatic N) is 2. The number of hydrogen-bond acceptors (Lipinski definition) is 3. The summed E-state index contributed by atoms with van der Waals surface area (Å²) < 4.78 is 2.45. The molecule has 1 amide bonds. The minimum Gasteiger partial charge on any atom is -0.341 e. The summed E-state index contributed by atoms with van der Waals surface area (Å²) in [6.45, 7) is 5.35. The number of carbonyl (C=O) groups is 2. The van der Waals surface area contributed by atoms with Crippen LogP contribution in [0.2, 0.25) is 0 Å². The molecule has 0 saturated heterocycles. The number of hydrogen-bond donors (Lipinski definition) is 0. The van der Waals surface area contributed by atoms with Crippen LogP contribution in [-0.2, 0) is 22.6 Å². The highest BCUT2D eigenvalue weighted by Gasteiger charge is 2.36. The monoisotopic (exact) mass is 356 g/mol. The SMILES string of the molecule is CC(=O)SCCC(=O)N1CCn2c3c(c4cc(C)ccc42)CCC[C@@H]31. The molecule has 0 unspecified atom stereocenters. The van der Waals surface area contributed by atoms with Gasteiger partial charge in [0.1, 0.15) is 0 Å². The zero-order valence-corrected chi connectivity index (χ0v) is 15.7. The number of aromatic nitrogens is 1. The summed E-state index contributed by atoms with van der Waals surface area (Å²) in [5.41, 5.74) is 5.43. The molecule has 0 fully saturated rings. The number of benzene rings is 1. The van der Waals surface area contributed by atoms with E-state index in [2.05, 4.69) is 34.6 Å². The van der Waals surface area contributed by atoms with Crippen LogP contribution in [-0.4, -0.2) is 32.8 Å². The number of rotatable bonds is 3. The summed E-state index contributed by atoms with van der Waals surface area (Å²) in [5.74, 6) is 0.783. The molecule has 0 spiro atoms. The van der Waals surface area contributed by atoms with Gasteiger partial charge in [0.05, 0.1) is 6.04 Å². The molecule has 1 aliphatic carbocycles. The second kappa shape index (κ2) is 6.52. The number of amides is 1. The third-order valence-corrected chi connectivity index (χ3v) is 6.29. The number of thioether (sulfide) groups is 1. The Morgan fingerprint density at radius 3 is 2.92 bits per heavy atom. The molecule has 2 aromatic rings. The van der Waals surface area contributed by atoms with Gasteiger partial charge in [-0.1, -0.05) is 23.4 Å². The Balaban J connectivity index is 1.66. The van der Waals surface area contributed by atoms with Crippen molar-refractivity contribution in [2.45, 2.75) is 52.1 Å². The van der Waals surface area contributed by atoms with Gasteiger partial charge in [-0.3, -0.25) is 9.59 Å². The van der Waals surface area contributed by atoms with E-state index in [0.29, 0.717) is 12.2 Å². The Morgan fingerprint density at radius 1 is 1.28 bits per heavy atom. The number of aryl methyl sites for hydroxylation is 2. The van der Waals surface area contributed by atoms with Crippen molar-refractivity contribution in [3.63, 3.8) is 0 Å². The van der Waals surface area contributed by atoms with Crippen LogP contribution in [0.5, 0.6) is 0 Å². The van der Waals surface area contributed by atoms with E-state index in [0.717, 1.165) is 32.4 Å². The first-order valence-electron chi connectivity index (χ1n) is 9.10. The van der Waals surface area contributed by atoms with Crippen LogP contribution in [0, 0.1) is 6.92 Å². The van der Waals surface area contributed by atoms with Crippen molar-refractivity contribution in [3.05, 3.63) is 35.0 Å². The average molecular weight is 356 g/mol. The molecular weight excluding hydrogens is 332 g/mol. The van der Waals surface area contributed by atoms with E-state index in [9.17, 15) is 9.59 Å². The van der Waals surface area contributed by atoms with Crippen LogP contribution in [0.4, 0.5) is 0 Å². The minimum absolute atomic E-state index is 0.0851. The topological polar surface area (TPSA) is 42.3 Å². The third kappa shape index (κ3) is 2.88. The van der Waals surface area contributed by atoms with Gasteiger partial charge in [-0.05, 0) is 43.9 Å². The summed E-state index contributed by atoms with van der Waals surface area (Å²) >= 11 is 1.25. The van der Waals surface area contributed by atoms with Crippen LogP contribution in [0.15, 0.2) is 18.2 Å². The number of carbonyl (C=O) groups excluding carboxylic acids is 2. The van der Waals surface area contributed by atoms with Crippen LogP contribution in [0.1, 0.15) is 49.0 Å². The van der Waals surface area contributed by atoms with Crippen molar-refractivity contribution in [1.82, 2.24) is 9.47 Å². The lowest BCUT2D eigenvalue weighted by Gasteiger charge is -2.40. The zero-order chi connectivity index (χ0) is 17.6. The predicted octanol–water partition coefficient (Wildman–Crippen LogP) is 3.84. The van der Waals surface area contributed by atoms with Gasteiger partial charge < -0.3 is 9.47 Å². The molecule has 1 aromatic carbocycles. The summed E-state index contributed by atoms with van der Waals surface area (Å²) in [6, 6.07) is 6.93. The van der Waals surface area contributed by atoms with Crippen molar-refractivity contribution < 1.29 is 9.59 Å². The fourth-order valence-corrected chi connectivity index (χ4v) is 5.01. The molecular formula is C20H24N2O2S. The molecule has 1 aromatic heterocycles. The first-order valence-corrected chi connectivity index (χ1v) is 10.1. The van der Waals surface area contributed by atoms with Gasteiger partial charge in [0, 0.05) is 48.8 Å². The number of fused-ring (bicyclic) bond motifs is 3. The second-order valence-corrected chi connectivity index (χ2v) is 8.39. The van der Waals surface area contributed by atoms with Crippen LogP contribution < -0.4 is 0 Å². The van der Waals surface area contributed by atoms with E-state index in [1.54, 1.807) is 6.92 Å². The van der Waals surface area contributed by atoms with Crippen molar-refractivity contribution in [3.8, 4) is 0 Å². The van der Waals surface area contributed by atoms with Crippen molar-refractivity contribution >= 4 is 33.7 Å². The molecule has 2 heterocycles. The van der Waals surface area contributed by atoms with Crippen LogP contribution in [0.3, 0.4) is 0 Å². The van der Waals surface area contributed by atoms with Crippen molar-refractivity contribution in [2.24, 2.45) is 0 Å². The highest BCUT2D eigenvalue weighted by molar-refractivity contribution is 8.13. The summed E-state index contributed by atoms with van der Waals surface area (Å²) in [7, 11) is 0. The standard InChI is InChI=1S/C20H24N2O2S/c1-13-6-7-17-16(12-13)15-4-3-5-18-20(15)22(17)10-9-21(18)19(24)8-11-25-14(2)23/h6-7,12,18H,3-5,8-11H2,1-2H3/t18-/m0/s1. The molecule has 4 nitrogen and oxygen atoms in total. The molecule has 0 bridgehead atoms. The lowest BCUT2D eigenvalue weighted by molar-refractivity contribution is -0.134. The van der Waals surface area contributed by atoms with E-state index >= 15 is 0 Å². The van der Waals surface area contributed by atoms with Crippen molar-refractivity contribution in [2.75, 3.05) is 12.3 Å². The fourth-order valence-electron chi connectivity index (χ4n) is 4.44. The molecule has 25 heavy (non-hydrogen) atoms. The quantitative estimate of drug-likeness (QED) is 0.839. The fraction of sp³-hybridized carbons (Fsp3) is 0.500. The smallest absolute Gasteiger partial charge is 0.224 e. The summed E-state index contributed by atoms with van der Waals surface area (Å²) in [4.78, 5) is 25.9. The van der Waals surface area contributed by atoms with Gasteiger partial charge in [-0.2, -0.15) is 0 Å². The van der Waals surface area contributed by atoms with Crippen LogP contribution in [0.25, 0.3) is 10.9 Å². The average Bonchev–Trinajstić information content (AvgIpc) is 2.90. The van der Waals surface area contributed by atoms with E-state index in [4.69, 9.17) is 0 Å². The maximum absolute atomic E-state index is 12.8. The predicted molar refractivity (Wildman–Crippen MR) is 102 cm³/mol. The Hall–Kier alpha value is -1.75. The van der Waals surface area contributed by atoms with E-state index in [1.165, 1.54) is 39.5 Å². The van der Waals surface area contributed by atoms with E-state index in [1.807, 2.05) is 0 Å². The van der Waals surface area contributed by atoms with Gasteiger partial charge in [0.25, 0.3) is 0 Å². The van der Waals surface area contributed by atoms with E-state index in [-0.39, 0.29) is 17.1 Å². The Morgan fingerprint density at radius 2 is 2.12 bits per heavy atom. The highest BCUT2D eigenvalue weighted by atomic mass is 32.2. The summed E-state index contributed by atoms with van der Waals surface area (Å²) in [6.07, 6.45) is 3.75. The minimum atomic E-state index is 0.0851. The molecule has 1 aliphatic heterocycles. The maximum atomic E-state index is 12.8. The molecule has 4 rings (SSSR count). The van der Waals surface area contributed by atoms with Crippen molar-refractivity contribution in [1.29, 1.82) is 0 Å².